The zero-order valence-electron chi connectivity index (χ0n) is 14.8. The molecule has 6 heteroatoms. The molecule has 0 aliphatic rings. The molecule has 0 bridgehead atoms. The number of rotatable bonds is 5. The molecule has 0 fully saturated rings. The van der Waals surface area contributed by atoms with Crippen LogP contribution in [0.25, 0.3) is 21.5 Å². The van der Waals surface area contributed by atoms with Crippen LogP contribution in [0.15, 0.2) is 22.7 Å². The van der Waals surface area contributed by atoms with Gasteiger partial charge in [0, 0.05) is 21.1 Å². The maximum atomic E-state index is 12.0. The van der Waals surface area contributed by atoms with E-state index in [1.54, 1.807) is 6.92 Å². The van der Waals surface area contributed by atoms with Crippen LogP contribution >= 0.6 is 27.3 Å². The Kier molecular flexibility index (Phi) is 5.29. The standard InChI is InChI=1S/C19H21BrN2O2S/c1-5-24-19(23)17-11(4)21-18(25-17)13-7-12-8-14(6-10(2)3)22-16(12)15(20)9-13/h7-10,22H,5-6H2,1-4H3. The summed E-state index contributed by atoms with van der Waals surface area (Å²) in [4.78, 5) is 20.7. The normalized spacial score (nSPS) is 11.4. The molecule has 3 rings (SSSR count). The fourth-order valence-electron chi connectivity index (χ4n) is 2.84. The molecule has 0 radical (unpaired) electrons. The molecule has 25 heavy (non-hydrogen) atoms. The van der Waals surface area contributed by atoms with E-state index in [1.807, 2.05) is 13.0 Å². The van der Waals surface area contributed by atoms with Crippen molar-refractivity contribution in [1.29, 1.82) is 0 Å². The molecule has 0 spiro atoms. The SMILES string of the molecule is CCOC(=O)c1sc(-c2cc(Br)c3[nH]c(CC(C)C)cc3c2)nc1C. The Bertz CT molecular complexity index is 927. The number of benzene rings is 1. The van der Waals surface area contributed by atoms with E-state index in [0.717, 1.165) is 32.4 Å². The van der Waals surface area contributed by atoms with Gasteiger partial charge in [-0.3, -0.25) is 0 Å². The zero-order valence-corrected chi connectivity index (χ0v) is 17.2. The van der Waals surface area contributed by atoms with E-state index in [9.17, 15) is 4.79 Å². The van der Waals surface area contributed by atoms with Crippen molar-refractivity contribution >= 4 is 44.1 Å². The Morgan fingerprint density at radius 3 is 2.80 bits per heavy atom. The number of ether oxygens (including phenoxy) is 1. The minimum atomic E-state index is -0.301. The van der Waals surface area contributed by atoms with Gasteiger partial charge >= 0.3 is 5.97 Å². The number of hydrogen-bond acceptors (Lipinski definition) is 4. The smallest absolute Gasteiger partial charge is 0.350 e. The number of esters is 1. The average molecular weight is 421 g/mol. The number of nitrogens with zero attached hydrogens (tertiary/aromatic N) is 1. The van der Waals surface area contributed by atoms with Crippen LogP contribution < -0.4 is 0 Å². The van der Waals surface area contributed by atoms with Gasteiger partial charge in [-0.15, -0.1) is 11.3 Å². The van der Waals surface area contributed by atoms with Crippen LogP contribution in [0.3, 0.4) is 0 Å². The lowest BCUT2D eigenvalue weighted by Crippen LogP contribution is -2.03. The second kappa shape index (κ2) is 7.30. The number of aromatic nitrogens is 2. The first kappa shape index (κ1) is 18.1. The molecular formula is C19H21BrN2O2S. The number of halogens is 1. The first-order valence-corrected chi connectivity index (χ1v) is 9.96. The third-order valence-electron chi connectivity index (χ3n) is 3.87. The van der Waals surface area contributed by atoms with Gasteiger partial charge in [-0.05, 0) is 60.3 Å². The van der Waals surface area contributed by atoms with Crippen LogP contribution in [0.1, 0.15) is 41.8 Å². The van der Waals surface area contributed by atoms with E-state index >= 15 is 0 Å². The van der Waals surface area contributed by atoms with Crippen LogP contribution in [0.4, 0.5) is 0 Å². The molecule has 2 heterocycles. The molecule has 1 aromatic carbocycles. The van der Waals surface area contributed by atoms with Crippen molar-refractivity contribution in [1.82, 2.24) is 9.97 Å². The maximum absolute atomic E-state index is 12.0. The molecule has 0 saturated heterocycles. The van der Waals surface area contributed by atoms with Gasteiger partial charge in [0.2, 0.25) is 0 Å². The Morgan fingerprint density at radius 2 is 2.12 bits per heavy atom. The molecule has 0 aliphatic heterocycles. The van der Waals surface area contributed by atoms with Crippen molar-refractivity contribution < 1.29 is 9.53 Å². The highest BCUT2D eigenvalue weighted by Gasteiger charge is 2.18. The van der Waals surface area contributed by atoms with E-state index < -0.39 is 0 Å². The second-order valence-corrected chi connectivity index (χ2v) is 8.32. The number of H-pyrrole nitrogens is 1. The number of carbonyl (C=O) groups excluding carboxylic acids is 1. The van der Waals surface area contributed by atoms with Crippen molar-refractivity contribution in [2.75, 3.05) is 6.61 Å². The number of aromatic amines is 1. The quantitative estimate of drug-likeness (QED) is 0.535. The summed E-state index contributed by atoms with van der Waals surface area (Å²) >= 11 is 5.04. The minimum absolute atomic E-state index is 0.301. The van der Waals surface area contributed by atoms with E-state index in [0.29, 0.717) is 23.1 Å². The first-order chi connectivity index (χ1) is 11.9. The maximum Gasteiger partial charge on any atom is 0.350 e. The Hall–Kier alpha value is -1.66. The summed E-state index contributed by atoms with van der Waals surface area (Å²) in [7, 11) is 0. The molecule has 3 aromatic rings. The molecule has 132 valence electrons. The molecule has 0 atom stereocenters. The number of aryl methyl sites for hydroxylation is 1. The average Bonchev–Trinajstić information content (AvgIpc) is 3.10. The van der Waals surface area contributed by atoms with Gasteiger partial charge < -0.3 is 9.72 Å². The lowest BCUT2D eigenvalue weighted by atomic mass is 10.1. The summed E-state index contributed by atoms with van der Waals surface area (Å²) in [5, 5.41) is 1.97. The van der Waals surface area contributed by atoms with Gasteiger partial charge in [-0.25, -0.2) is 9.78 Å². The summed E-state index contributed by atoms with van der Waals surface area (Å²) in [6.07, 6.45) is 1.01. The summed E-state index contributed by atoms with van der Waals surface area (Å²) in [5.41, 5.74) is 4.03. The van der Waals surface area contributed by atoms with Gasteiger partial charge in [0.25, 0.3) is 0 Å². The number of nitrogens with one attached hydrogen (secondary N) is 1. The highest BCUT2D eigenvalue weighted by Crippen LogP contribution is 2.34. The van der Waals surface area contributed by atoms with Crippen molar-refractivity contribution in [3.63, 3.8) is 0 Å². The third kappa shape index (κ3) is 3.80. The van der Waals surface area contributed by atoms with Crippen LogP contribution in [0.5, 0.6) is 0 Å². The van der Waals surface area contributed by atoms with E-state index in [-0.39, 0.29) is 5.97 Å². The molecule has 0 aliphatic carbocycles. The predicted molar refractivity (Wildman–Crippen MR) is 106 cm³/mol. The van der Waals surface area contributed by atoms with Gasteiger partial charge in [0.15, 0.2) is 0 Å². The van der Waals surface area contributed by atoms with E-state index in [4.69, 9.17) is 4.74 Å². The van der Waals surface area contributed by atoms with Crippen LogP contribution in [0, 0.1) is 12.8 Å². The van der Waals surface area contributed by atoms with Crippen molar-refractivity contribution in [2.24, 2.45) is 5.92 Å². The summed E-state index contributed by atoms with van der Waals surface area (Å²) in [5.74, 6) is 0.296. The van der Waals surface area contributed by atoms with Crippen molar-refractivity contribution in [3.05, 3.63) is 38.9 Å². The third-order valence-corrected chi connectivity index (χ3v) is 5.68. The summed E-state index contributed by atoms with van der Waals surface area (Å²) < 4.78 is 6.11. The van der Waals surface area contributed by atoms with Crippen molar-refractivity contribution in [3.8, 4) is 10.6 Å². The molecule has 4 nitrogen and oxygen atoms in total. The van der Waals surface area contributed by atoms with E-state index in [2.05, 4.69) is 51.9 Å². The van der Waals surface area contributed by atoms with Crippen molar-refractivity contribution in [2.45, 2.75) is 34.1 Å². The highest BCUT2D eigenvalue weighted by molar-refractivity contribution is 9.10. The molecule has 0 unspecified atom stereocenters. The Morgan fingerprint density at radius 1 is 1.36 bits per heavy atom. The zero-order chi connectivity index (χ0) is 18.1. The summed E-state index contributed by atoms with van der Waals surface area (Å²) in [6, 6.07) is 6.36. The van der Waals surface area contributed by atoms with Crippen LogP contribution in [0.2, 0.25) is 0 Å². The number of carbonyl (C=O) groups is 1. The molecule has 0 amide bonds. The predicted octanol–water partition coefficient (Wildman–Crippen LogP) is 5.74. The number of thiazole rings is 1. The van der Waals surface area contributed by atoms with E-state index in [1.165, 1.54) is 17.0 Å². The number of fused-ring (bicyclic) bond motifs is 1. The Balaban J connectivity index is 2.01. The molecule has 0 saturated carbocycles. The van der Waals surface area contributed by atoms with Gasteiger partial charge in [-0.1, -0.05) is 13.8 Å². The second-order valence-electron chi connectivity index (χ2n) is 6.47. The van der Waals surface area contributed by atoms with Gasteiger partial charge in [0.1, 0.15) is 9.88 Å². The van der Waals surface area contributed by atoms with Gasteiger partial charge in [0.05, 0.1) is 17.8 Å². The van der Waals surface area contributed by atoms with Crippen LogP contribution in [-0.4, -0.2) is 22.5 Å². The van der Waals surface area contributed by atoms with Gasteiger partial charge in [-0.2, -0.15) is 0 Å². The monoisotopic (exact) mass is 420 g/mol. The fourth-order valence-corrected chi connectivity index (χ4v) is 4.36. The number of hydrogen-bond donors (Lipinski definition) is 1. The fraction of sp³-hybridized carbons (Fsp3) is 0.368. The molecule has 2 aromatic heterocycles. The lowest BCUT2D eigenvalue weighted by molar-refractivity contribution is 0.0531. The highest BCUT2D eigenvalue weighted by atomic mass is 79.9. The topological polar surface area (TPSA) is 55.0 Å². The summed E-state index contributed by atoms with van der Waals surface area (Å²) in [6.45, 7) is 8.44. The largest absolute Gasteiger partial charge is 0.462 e. The molecular weight excluding hydrogens is 400 g/mol. The first-order valence-electron chi connectivity index (χ1n) is 8.35. The minimum Gasteiger partial charge on any atom is -0.462 e. The Labute approximate surface area is 159 Å². The van der Waals surface area contributed by atoms with Crippen LogP contribution in [-0.2, 0) is 11.2 Å². The molecule has 1 N–H and O–H groups in total. The lowest BCUT2D eigenvalue weighted by Gasteiger charge is -2.01.